The van der Waals surface area contributed by atoms with E-state index in [1.807, 2.05) is 6.07 Å². The Morgan fingerprint density at radius 1 is 1.39 bits per heavy atom. The molecule has 0 saturated carbocycles. The first kappa shape index (κ1) is 15.9. The van der Waals surface area contributed by atoms with Gasteiger partial charge in [-0.3, -0.25) is 9.78 Å². The number of carbonyl (C=O) groups is 1. The summed E-state index contributed by atoms with van der Waals surface area (Å²) in [5.41, 5.74) is 1.98. The summed E-state index contributed by atoms with van der Waals surface area (Å²) < 4.78 is 13.0. The Balaban J connectivity index is 1.73. The molecule has 1 aromatic carbocycles. The van der Waals surface area contributed by atoms with Gasteiger partial charge in [-0.15, -0.1) is 0 Å². The molecule has 0 fully saturated rings. The van der Waals surface area contributed by atoms with E-state index < -0.39 is 11.9 Å². The molecule has 6 heteroatoms. The molecule has 23 heavy (non-hydrogen) atoms. The van der Waals surface area contributed by atoms with Crippen LogP contribution in [0.4, 0.5) is 4.39 Å². The van der Waals surface area contributed by atoms with Crippen LogP contribution < -0.4 is 5.32 Å². The molecule has 0 radical (unpaired) electrons. The van der Waals surface area contributed by atoms with Crippen LogP contribution in [-0.4, -0.2) is 16.0 Å². The van der Waals surface area contributed by atoms with Crippen molar-refractivity contribution in [3.05, 3.63) is 64.2 Å². The summed E-state index contributed by atoms with van der Waals surface area (Å²) in [6.45, 7) is 0.229. The number of nitrogens with one attached hydrogen (secondary N) is 1. The highest BCUT2D eigenvalue weighted by Gasteiger charge is 2.31. The number of halogens is 2. The maximum atomic E-state index is 13.0. The Morgan fingerprint density at radius 3 is 3.00 bits per heavy atom. The van der Waals surface area contributed by atoms with Crippen molar-refractivity contribution in [1.82, 2.24) is 10.3 Å². The van der Waals surface area contributed by atoms with Crippen LogP contribution in [0.1, 0.15) is 41.7 Å². The second-order valence-corrected chi connectivity index (χ2v) is 5.98. The van der Waals surface area contributed by atoms with E-state index in [9.17, 15) is 14.3 Å². The number of amides is 1. The molecule has 3 rings (SSSR count). The van der Waals surface area contributed by atoms with E-state index in [2.05, 4.69) is 10.3 Å². The first-order valence-electron chi connectivity index (χ1n) is 7.41. The Bertz CT molecular complexity index is 738. The van der Waals surface area contributed by atoms with Crippen LogP contribution in [0.25, 0.3) is 0 Å². The van der Waals surface area contributed by atoms with E-state index in [0.29, 0.717) is 24.1 Å². The topological polar surface area (TPSA) is 62.2 Å². The van der Waals surface area contributed by atoms with Gasteiger partial charge in [-0.25, -0.2) is 4.39 Å². The average Bonchev–Trinajstić information content (AvgIpc) is 2.54. The SMILES string of the molecule is O=C(NCc1ccc(F)cc1Cl)[C@@H]1CC[C@H](O)c2ncccc21. The first-order valence-corrected chi connectivity index (χ1v) is 7.78. The van der Waals surface area contributed by atoms with Gasteiger partial charge in [0, 0.05) is 17.8 Å². The molecule has 0 saturated heterocycles. The molecule has 1 heterocycles. The van der Waals surface area contributed by atoms with Crippen molar-refractivity contribution >= 4 is 17.5 Å². The van der Waals surface area contributed by atoms with Crippen LogP contribution in [0.15, 0.2) is 36.5 Å². The molecule has 0 aliphatic heterocycles. The minimum atomic E-state index is -0.623. The van der Waals surface area contributed by atoms with Gasteiger partial charge in [0.1, 0.15) is 5.82 Å². The minimum Gasteiger partial charge on any atom is -0.387 e. The number of aliphatic hydroxyl groups excluding tert-OH is 1. The third-order valence-corrected chi connectivity index (χ3v) is 4.43. The molecule has 2 atom stereocenters. The van der Waals surface area contributed by atoms with E-state index in [1.54, 1.807) is 18.3 Å². The number of rotatable bonds is 3. The standard InChI is InChI=1S/C17H16ClFN2O2/c18-14-8-11(19)4-3-10(14)9-21-17(23)13-5-6-15(22)16-12(13)2-1-7-20-16/h1-4,7-8,13,15,22H,5-6,9H2,(H,21,23)/t13-,15+/m1/s1. The molecule has 1 aliphatic carbocycles. The van der Waals surface area contributed by atoms with Crippen molar-refractivity contribution in [3.63, 3.8) is 0 Å². The first-order chi connectivity index (χ1) is 11.1. The monoisotopic (exact) mass is 334 g/mol. The summed E-state index contributed by atoms with van der Waals surface area (Å²) in [7, 11) is 0. The molecule has 2 N–H and O–H groups in total. The lowest BCUT2D eigenvalue weighted by Crippen LogP contribution is -2.32. The lowest BCUT2D eigenvalue weighted by molar-refractivity contribution is -0.123. The normalized spacial score (nSPS) is 20.0. The number of aromatic nitrogens is 1. The smallest absolute Gasteiger partial charge is 0.227 e. The van der Waals surface area contributed by atoms with Crippen LogP contribution in [0, 0.1) is 5.82 Å². The van der Waals surface area contributed by atoms with E-state index in [0.717, 1.165) is 5.56 Å². The lowest BCUT2D eigenvalue weighted by Gasteiger charge is -2.27. The van der Waals surface area contributed by atoms with Gasteiger partial charge in [0.2, 0.25) is 5.91 Å². The summed E-state index contributed by atoms with van der Waals surface area (Å²) in [5.74, 6) is -0.904. The summed E-state index contributed by atoms with van der Waals surface area (Å²) >= 11 is 5.96. The Kier molecular flexibility index (Phi) is 4.59. The summed E-state index contributed by atoms with van der Waals surface area (Å²) in [5, 5.41) is 13.1. The van der Waals surface area contributed by atoms with Crippen molar-refractivity contribution in [2.75, 3.05) is 0 Å². The second-order valence-electron chi connectivity index (χ2n) is 5.58. The number of pyridine rings is 1. The number of hydrogen-bond acceptors (Lipinski definition) is 3. The fraction of sp³-hybridized carbons (Fsp3) is 0.294. The van der Waals surface area contributed by atoms with Crippen molar-refractivity contribution in [2.24, 2.45) is 0 Å². The molecule has 120 valence electrons. The van der Waals surface area contributed by atoms with Gasteiger partial charge in [0.25, 0.3) is 0 Å². The van der Waals surface area contributed by atoms with Crippen molar-refractivity contribution < 1.29 is 14.3 Å². The Labute approximate surface area is 138 Å². The number of hydrogen-bond donors (Lipinski definition) is 2. The zero-order chi connectivity index (χ0) is 16.4. The van der Waals surface area contributed by atoms with Gasteiger partial charge in [-0.2, -0.15) is 0 Å². The summed E-state index contributed by atoms with van der Waals surface area (Å²) in [4.78, 5) is 16.7. The molecular formula is C17H16ClFN2O2. The second kappa shape index (κ2) is 6.64. The lowest BCUT2D eigenvalue weighted by atomic mass is 9.83. The van der Waals surface area contributed by atoms with Gasteiger partial charge in [0.15, 0.2) is 0 Å². The zero-order valence-electron chi connectivity index (χ0n) is 12.3. The predicted octanol–water partition coefficient (Wildman–Crippen LogP) is 3.10. The number of nitrogens with zero attached hydrogens (tertiary/aromatic N) is 1. The molecule has 0 unspecified atom stereocenters. The van der Waals surface area contributed by atoms with Gasteiger partial charge in [-0.1, -0.05) is 23.7 Å². The average molecular weight is 335 g/mol. The number of carbonyl (C=O) groups excluding carboxylic acids is 1. The van der Waals surface area contributed by atoms with E-state index in [-0.39, 0.29) is 23.4 Å². The van der Waals surface area contributed by atoms with E-state index in [1.165, 1.54) is 12.1 Å². The molecule has 1 amide bonds. The highest BCUT2D eigenvalue weighted by molar-refractivity contribution is 6.31. The number of aliphatic hydroxyl groups is 1. The van der Waals surface area contributed by atoms with Crippen molar-refractivity contribution in [3.8, 4) is 0 Å². The molecular weight excluding hydrogens is 319 g/mol. The maximum absolute atomic E-state index is 13.0. The van der Waals surface area contributed by atoms with Gasteiger partial charge >= 0.3 is 0 Å². The summed E-state index contributed by atoms with van der Waals surface area (Å²) in [6, 6.07) is 7.66. The number of benzene rings is 1. The third kappa shape index (κ3) is 3.35. The number of fused-ring (bicyclic) bond motifs is 1. The quantitative estimate of drug-likeness (QED) is 0.906. The van der Waals surface area contributed by atoms with Gasteiger partial charge in [-0.05, 0) is 42.2 Å². The van der Waals surface area contributed by atoms with Crippen LogP contribution >= 0.6 is 11.6 Å². The maximum Gasteiger partial charge on any atom is 0.227 e. The third-order valence-electron chi connectivity index (χ3n) is 4.08. The molecule has 0 bridgehead atoms. The largest absolute Gasteiger partial charge is 0.387 e. The molecule has 4 nitrogen and oxygen atoms in total. The van der Waals surface area contributed by atoms with Crippen LogP contribution in [0.2, 0.25) is 5.02 Å². The molecule has 2 aromatic rings. The minimum absolute atomic E-state index is 0.147. The van der Waals surface area contributed by atoms with Crippen LogP contribution in [0.3, 0.4) is 0 Å². The molecule has 1 aromatic heterocycles. The summed E-state index contributed by atoms with van der Waals surface area (Å²) in [6.07, 6.45) is 2.05. The van der Waals surface area contributed by atoms with Crippen molar-refractivity contribution in [2.45, 2.75) is 31.4 Å². The Morgan fingerprint density at radius 2 is 2.22 bits per heavy atom. The highest BCUT2D eigenvalue weighted by Crippen LogP contribution is 2.36. The van der Waals surface area contributed by atoms with Gasteiger partial charge < -0.3 is 10.4 Å². The predicted molar refractivity (Wildman–Crippen MR) is 84.4 cm³/mol. The van der Waals surface area contributed by atoms with Crippen molar-refractivity contribution in [1.29, 1.82) is 0 Å². The molecule has 0 spiro atoms. The van der Waals surface area contributed by atoms with E-state index >= 15 is 0 Å². The fourth-order valence-electron chi connectivity index (χ4n) is 2.86. The van der Waals surface area contributed by atoms with Gasteiger partial charge in [0.05, 0.1) is 17.7 Å². The van der Waals surface area contributed by atoms with E-state index in [4.69, 9.17) is 11.6 Å². The fourth-order valence-corrected chi connectivity index (χ4v) is 3.10. The highest BCUT2D eigenvalue weighted by atomic mass is 35.5. The van der Waals surface area contributed by atoms with Crippen LogP contribution in [0.5, 0.6) is 0 Å². The Hall–Kier alpha value is -1.98. The zero-order valence-corrected chi connectivity index (χ0v) is 13.1. The molecule has 1 aliphatic rings. The van der Waals surface area contributed by atoms with Crippen LogP contribution in [-0.2, 0) is 11.3 Å².